The summed E-state index contributed by atoms with van der Waals surface area (Å²) in [4.78, 5) is 22.6. The Morgan fingerprint density at radius 3 is 2.88 bits per heavy atom. The molecular formula is C17H15F3N4O. The number of rotatable bonds is 2. The van der Waals surface area contributed by atoms with E-state index in [4.69, 9.17) is 0 Å². The first kappa shape index (κ1) is 15.9. The Morgan fingerprint density at radius 1 is 1.24 bits per heavy atom. The van der Waals surface area contributed by atoms with Crippen LogP contribution >= 0.6 is 0 Å². The molecule has 1 aliphatic heterocycles. The van der Waals surface area contributed by atoms with Crippen molar-refractivity contribution in [3.05, 3.63) is 63.5 Å². The predicted molar refractivity (Wildman–Crippen MR) is 86.0 cm³/mol. The van der Waals surface area contributed by atoms with Gasteiger partial charge in [-0.1, -0.05) is 18.2 Å². The first-order chi connectivity index (χ1) is 11.9. The predicted octanol–water partition coefficient (Wildman–Crippen LogP) is 2.83. The molecule has 0 saturated carbocycles. The maximum atomic E-state index is 12.9. The van der Waals surface area contributed by atoms with E-state index in [1.165, 1.54) is 0 Å². The third-order valence-corrected chi connectivity index (χ3v) is 4.49. The molecule has 4 rings (SSSR count). The highest BCUT2D eigenvalue weighted by Crippen LogP contribution is 2.27. The third-order valence-electron chi connectivity index (χ3n) is 4.49. The van der Waals surface area contributed by atoms with Gasteiger partial charge in [0, 0.05) is 36.9 Å². The van der Waals surface area contributed by atoms with Crippen LogP contribution in [-0.2, 0) is 25.7 Å². The Hall–Kier alpha value is -2.61. The summed E-state index contributed by atoms with van der Waals surface area (Å²) in [6.45, 7) is 1.40. The van der Waals surface area contributed by atoms with E-state index in [0.29, 0.717) is 25.1 Å². The van der Waals surface area contributed by atoms with Crippen LogP contribution in [0.4, 0.5) is 13.2 Å². The van der Waals surface area contributed by atoms with E-state index in [0.717, 1.165) is 16.5 Å². The number of fused-ring (bicyclic) bond motifs is 2. The van der Waals surface area contributed by atoms with E-state index in [1.807, 2.05) is 40.3 Å². The summed E-state index contributed by atoms with van der Waals surface area (Å²) in [7, 11) is 0. The highest BCUT2D eigenvalue weighted by molar-refractivity contribution is 5.82. The fraction of sp³-hybridized carbons (Fsp3) is 0.294. The van der Waals surface area contributed by atoms with Gasteiger partial charge in [0.1, 0.15) is 0 Å². The number of hydrogen-bond donors (Lipinski definition) is 2. The fourth-order valence-corrected chi connectivity index (χ4v) is 3.29. The molecule has 3 heterocycles. The van der Waals surface area contributed by atoms with E-state index >= 15 is 0 Å². The van der Waals surface area contributed by atoms with Crippen LogP contribution in [-0.4, -0.2) is 26.4 Å². The Kier molecular flexibility index (Phi) is 3.64. The molecule has 5 nitrogen and oxygen atoms in total. The molecule has 0 fully saturated rings. The van der Waals surface area contributed by atoms with Crippen molar-refractivity contribution in [3.63, 3.8) is 0 Å². The number of benzene rings is 1. The second-order valence-electron chi connectivity index (χ2n) is 6.16. The molecule has 0 amide bonds. The maximum absolute atomic E-state index is 12.9. The molecule has 0 bridgehead atoms. The summed E-state index contributed by atoms with van der Waals surface area (Å²) in [5, 5.41) is 1.09. The smallest absolute Gasteiger partial charge is 0.361 e. The van der Waals surface area contributed by atoms with Crippen molar-refractivity contribution in [1.29, 1.82) is 0 Å². The molecule has 0 saturated heterocycles. The minimum atomic E-state index is -4.66. The van der Waals surface area contributed by atoms with Crippen LogP contribution in [0.2, 0.25) is 0 Å². The lowest BCUT2D eigenvalue weighted by Crippen LogP contribution is -2.36. The molecular weight excluding hydrogens is 333 g/mol. The van der Waals surface area contributed by atoms with Gasteiger partial charge in [-0.25, -0.2) is 4.98 Å². The minimum Gasteiger partial charge on any atom is -0.361 e. The Labute approximate surface area is 140 Å². The maximum Gasteiger partial charge on any atom is 0.449 e. The van der Waals surface area contributed by atoms with Crippen molar-refractivity contribution >= 4 is 10.9 Å². The van der Waals surface area contributed by atoms with E-state index in [-0.39, 0.29) is 12.2 Å². The molecule has 130 valence electrons. The molecule has 1 aliphatic rings. The number of aromatic nitrogens is 3. The Balaban J connectivity index is 1.63. The van der Waals surface area contributed by atoms with Crippen molar-refractivity contribution < 1.29 is 13.2 Å². The SMILES string of the molecule is O=c1[nH]c(C(F)(F)F)nc2c1CCN(Cc1cccc3cc[nH]c13)C2. The first-order valence-electron chi connectivity index (χ1n) is 7.88. The topological polar surface area (TPSA) is 64.8 Å². The molecule has 2 N–H and O–H groups in total. The molecule has 1 aromatic carbocycles. The van der Waals surface area contributed by atoms with Gasteiger partial charge in [-0.2, -0.15) is 13.2 Å². The molecule has 0 unspecified atom stereocenters. The fourth-order valence-electron chi connectivity index (χ4n) is 3.29. The van der Waals surface area contributed by atoms with Gasteiger partial charge in [0.05, 0.1) is 5.69 Å². The van der Waals surface area contributed by atoms with Crippen molar-refractivity contribution in [1.82, 2.24) is 19.9 Å². The van der Waals surface area contributed by atoms with E-state index in [1.54, 1.807) is 0 Å². The summed E-state index contributed by atoms with van der Waals surface area (Å²) >= 11 is 0. The number of para-hydroxylation sites is 1. The van der Waals surface area contributed by atoms with E-state index in [9.17, 15) is 18.0 Å². The van der Waals surface area contributed by atoms with Crippen LogP contribution in [0.5, 0.6) is 0 Å². The average molecular weight is 348 g/mol. The molecule has 0 spiro atoms. The molecule has 0 radical (unpaired) electrons. The summed E-state index contributed by atoms with van der Waals surface area (Å²) in [6.07, 6.45) is -2.42. The summed E-state index contributed by atoms with van der Waals surface area (Å²) in [5.41, 5.74) is 1.95. The lowest BCUT2D eigenvalue weighted by atomic mass is 10.0. The van der Waals surface area contributed by atoms with Gasteiger partial charge in [0.25, 0.3) is 5.56 Å². The van der Waals surface area contributed by atoms with E-state index < -0.39 is 17.6 Å². The van der Waals surface area contributed by atoms with Crippen molar-refractivity contribution in [2.45, 2.75) is 25.7 Å². The van der Waals surface area contributed by atoms with Crippen LogP contribution in [0.3, 0.4) is 0 Å². The van der Waals surface area contributed by atoms with Crippen LogP contribution in [0.1, 0.15) is 22.6 Å². The molecule has 2 aromatic heterocycles. The highest BCUT2D eigenvalue weighted by Gasteiger charge is 2.36. The lowest BCUT2D eigenvalue weighted by Gasteiger charge is -2.28. The molecule has 25 heavy (non-hydrogen) atoms. The average Bonchev–Trinajstić information content (AvgIpc) is 3.03. The number of nitrogens with one attached hydrogen (secondary N) is 2. The second kappa shape index (κ2) is 5.73. The number of halogens is 3. The number of nitrogens with zero attached hydrogens (tertiary/aromatic N) is 2. The quantitative estimate of drug-likeness (QED) is 0.748. The van der Waals surface area contributed by atoms with E-state index in [2.05, 4.69) is 9.97 Å². The van der Waals surface area contributed by atoms with Crippen LogP contribution in [0, 0.1) is 0 Å². The third kappa shape index (κ3) is 2.93. The van der Waals surface area contributed by atoms with Gasteiger partial charge in [0.2, 0.25) is 5.82 Å². The Bertz CT molecular complexity index is 989. The number of hydrogen-bond acceptors (Lipinski definition) is 3. The summed E-state index contributed by atoms with van der Waals surface area (Å²) < 4.78 is 38.6. The van der Waals surface area contributed by atoms with Crippen molar-refractivity contribution in [2.24, 2.45) is 0 Å². The minimum absolute atomic E-state index is 0.209. The zero-order chi connectivity index (χ0) is 17.6. The standard InChI is InChI=1S/C17H15F3N4O/c18-17(19,20)16-22-13-9-24(7-5-12(13)15(25)23-16)8-11-3-1-2-10-4-6-21-14(10)11/h1-4,6,21H,5,7-9H2,(H,22,23,25). The van der Waals surface area contributed by atoms with Gasteiger partial charge in [-0.3, -0.25) is 9.69 Å². The number of aromatic amines is 2. The monoisotopic (exact) mass is 348 g/mol. The zero-order valence-corrected chi connectivity index (χ0v) is 13.2. The van der Waals surface area contributed by atoms with Crippen molar-refractivity contribution in [3.8, 4) is 0 Å². The van der Waals surface area contributed by atoms with Gasteiger partial charge < -0.3 is 9.97 Å². The Morgan fingerprint density at radius 2 is 2.08 bits per heavy atom. The van der Waals surface area contributed by atoms with Gasteiger partial charge in [-0.15, -0.1) is 0 Å². The van der Waals surface area contributed by atoms with Gasteiger partial charge >= 0.3 is 6.18 Å². The zero-order valence-electron chi connectivity index (χ0n) is 13.2. The van der Waals surface area contributed by atoms with Crippen LogP contribution < -0.4 is 5.56 Å². The number of H-pyrrole nitrogens is 2. The second-order valence-corrected chi connectivity index (χ2v) is 6.16. The first-order valence-corrected chi connectivity index (χ1v) is 7.88. The van der Waals surface area contributed by atoms with Crippen LogP contribution in [0.25, 0.3) is 10.9 Å². The number of alkyl halides is 3. The summed E-state index contributed by atoms with van der Waals surface area (Å²) in [5.74, 6) is -1.23. The van der Waals surface area contributed by atoms with Crippen molar-refractivity contribution in [2.75, 3.05) is 6.54 Å². The molecule has 8 heteroatoms. The lowest BCUT2D eigenvalue weighted by molar-refractivity contribution is -0.145. The summed E-state index contributed by atoms with van der Waals surface area (Å²) in [6, 6.07) is 7.91. The molecule has 0 aliphatic carbocycles. The normalized spacial score (nSPS) is 15.5. The van der Waals surface area contributed by atoms with Gasteiger partial charge in [-0.05, 0) is 23.4 Å². The molecule has 3 aromatic rings. The molecule has 0 atom stereocenters. The largest absolute Gasteiger partial charge is 0.449 e. The van der Waals surface area contributed by atoms with Gasteiger partial charge in [0.15, 0.2) is 0 Å². The highest BCUT2D eigenvalue weighted by atomic mass is 19.4. The van der Waals surface area contributed by atoms with Crippen LogP contribution in [0.15, 0.2) is 35.3 Å².